The van der Waals surface area contributed by atoms with E-state index in [-0.39, 0.29) is 11.9 Å². The minimum Gasteiger partial charge on any atom is -0.493 e. The highest BCUT2D eigenvalue weighted by molar-refractivity contribution is 7.98. The fourth-order valence-corrected chi connectivity index (χ4v) is 3.74. The number of piperidine rings is 1. The van der Waals surface area contributed by atoms with Crippen LogP contribution in [0.25, 0.3) is 0 Å². The quantitative estimate of drug-likeness (QED) is 0.770. The largest absolute Gasteiger partial charge is 0.493 e. The number of halogens is 2. The minimum absolute atomic E-state index is 0.0741. The number of carbonyl (C=O) groups excluding carboxylic acids is 1. The highest BCUT2D eigenvalue weighted by Gasteiger charge is 2.26. The number of nitrogens with two attached hydrogens (primary N) is 1. The van der Waals surface area contributed by atoms with Crippen LogP contribution >= 0.6 is 35.0 Å². The standard InChI is InChI=1S/C17H24Cl2N2O2S/c1-24-7-4-16(20)17(22)21-5-2-12(3-6-21)11-23-15-9-13(18)8-14(19)10-15/h8-10,12,16H,2-7,11,20H2,1H3. The van der Waals surface area contributed by atoms with Crippen molar-refractivity contribution in [2.24, 2.45) is 11.7 Å². The lowest BCUT2D eigenvalue weighted by Crippen LogP contribution is -2.47. The zero-order chi connectivity index (χ0) is 17.5. The Labute approximate surface area is 158 Å². The van der Waals surface area contributed by atoms with E-state index >= 15 is 0 Å². The molecule has 1 aliphatic heterocycles. The van der Waals surface area contributed by atoms with Gasteiger partial charge in [0.05, 0.1) is 12.6 Å². The van der Waals surface area contributed by atoms with Crippen LogP contribution in [-0.2, 0) is 4.79 Å². The van der Waals surface area contributed by atoms with Gasteiger partial charge in [0.1, 0.15) is 5.75 Å². The van der Waals surface area contributed by atoms with Gasteiger partial charge in [0.2, 0.25) is 5.91 Å². The number of likely N-dealkylation sites (tertiary alicyclic amines) is 1. The summed E-state index contributed by atoms with van der Waals surface area (Å²) in [5.74, 6) is 2.10. The molecule has 4 nitrogen and oxygen atoms in total. The number of thioether (sulfide) groups is 1. The molecule has 0 aliphatic carbocycles. The molecular formula is C17H24Cl2N2O2S. The van der Waals surface area contributed by atoms with E-state index < -0.39 is 0 Å². The predicted molar refractivity (Wildman–Crippen MR) is 102 cm³/mol. The van der Waals surface area contributed by atoms with E-state index in [0.29, 0.717) is 28.3 Å². The van der Waals surface area contributed by atoms with E-state index in [0.717, 1.165) is 38.1 Å². The van der Waals surface area contributed by atoms with Crippen molar-refractivity contribution >= 4 is 40.9 Å². The Balaban J connectivity index is 1.75. The van der Waals surface area contributed by atoms with Gasteiger partial charge >= 0.3 is 0 Å². The molecule has 1 heterocycles. The molecule has 2 N–H and O–H groups in total. The van der Waals surface area contributed by atoms with Crippen LogP contribution in [0.1, 0.15) is 19.3 Å². The Kier molecular flexibility index (Phi) is 8.01. The molecule has 0 radical (unpaired) electrons. The smallest absolute Gasteiger partial charge is 0.239 e. The molecule has 0 bridgehead atoms. The Morgan fingerprint density at radius 2 is 1.96 bits per heavy atom. The van der Waals surface area contributed by atoms with Crippen molar-refractivity contribution in [3.05, 3.63) is 28.2 Å². The molecule has 24 heavy (non-hydrogen) atoms. The van der Waals surface area contributed by atoms with Crippen LogP contribution in [0.15, 0.2) is 18.2 Å². The van der Waals surface area contributed by atoms with Crippen molar-refractivity contribution in [1.82, 2.24) is 4.90 Å². The minimum atomic E-state index is -0.376. The summed E-state index contributed by atoms with van der Waals surface area (Å²) >= 11 is 13.7. The third-order valence-electron chi connectivity index (χ3n) is 4.20. The first-order valence-corrected chi connectivity index (χ1v) is 10.3. The average molecular weight is 391 g/mol. The normalized spacial score (nSPS) is 16.9. The maximum absolute atomic E-state index is 12.3. The number of hydrogen-bond acceptors (Lipinski definition) is 4. The van der Waals surface area contributed by atoms with E-state index in [9.17, 15) is 4.79 Å². The lowest BCUT2D eigenvalue weighted by molar-refractivity contribution is -0.134. The van der Waals surface area contributed by atoms with E-state index in [2.05, 4.69) is 0 Å². The Morgan fingerprint density at radius 1 is 1.33 bits per heavy atom. The monoisotopic (exact) mass is 390 g/mol. The van der Waals surface area contributed by atoms with E-state index in [1.165, 1.54) is 0 Å². The van der Waals surface area contributed by atoms with Crippen molar-refractivity contribution in [3.63, 3.8) is 0 Å². The summed E-state index contributed by atoms with van der Waals surface area (Å²) in [6.07, 6.45) is 4.61. The number of ether oxygens (including phenoxy) is 1. The molecule has 134 valence electrons. The van der Waals surface area contributed by atoms with Gasteiger partial charge in [-0.1, -0.05) is 23.2 Å². The van der Waals surface area contributed by atoms with Crippen LogP contribution in [-0.4, -0.2) is 48.6 Å². The summed E-state index contributed by atoms with van der Waals surface area (Å²) in [5, 5.41) is 1.13. The van der Waals surface area contributed by atoms with Crippen LogP contribution in [0.4, 0.5) is 0 Å². The van der Waals surface area contributed by atoms with Gasteiger partial charge < -0.3 is 15.4 Å². The fourth-order valence-electron chi connectivity index (χ4n) is 2.75. The first-order valence-electron chi connectivity index (χ1n) is 8.11. The molecule has 7 heteroatoms. The molecule has 1 aliphatic rings. The van der Waals surface area contributed by atoms with Gasteiger partial charge in [-0.2, -0.15) is 11.8 Å². The molecule has 1 saturated heterocycles. The molecule has 1 amide bonds. The zero-order valence-electron chi connectivity index (χ0n) is 13.8. The average Bonchev–Trinajstić information content (AvgIpc) is 2.57. The van der Waals surface area contributed by atoms with Crippen molar-refractivity contribution in [2.45, 2.75) is 25.3 Å². The highest BCUT2D eigenvalue weighted by atomic mass is 35.5. The number of rotatable bonds is 7. The van der Waals surface area contributed by atoms with Gasteiger partial charge in [-0.15, -0.1) is 0 Å². The molecule has 1 unspecified atom stereocenters. The third-order valence-corrected chi connectivity index (χ3v) is 5.28. The second-order valence-corrected chi connectivity index (χ2v) is 7.93. The van der Waals surface area contributed by atoms with Crippen LogP contribution in [0, 0.1) is 5.92 Å². The van der Waals surface area contributed by atoms with Gasteiger partial charge in [-0.05, 0) is 55.4 Å². The number of nitrogens with zero attached hydrogens (tertiary/aromatic N) is 1. The first kappa shape index (κ1) is 19.7. The van der Waals surface area contributed by atoms with Crippen molar-refractivity contribution in [2.75, 3.05) is 31.7 Å². The van der Waals surface area contributed by atoms with Crippen LogP contribution in [0.2, 0.25) is 10.0 Å². The van der Waals surface area contributed by atoms with Gasteiger partial charge in [0.15, 0.2) is 0 Å². The Bertz CT molecular complexity index is 531. The first-order chi connectivity index (χ1) is 11.5. The fraction of sp³-hybridized carbons (Fsp3) is 0.588. The van der Waals surface area contributed by atoms with Crippen molar-refractivity contribution in [3.8, 4) is 5.75 Å². The molecule has 0 aromatic heterocycles. The van der Waals surface area contributed by atoms with Gasteiger partial charge in [-0.3, -0.25) is 4.79 Å². The summed E-state index contributed by atoms with van der Waals surface area (Å²) in [4.78, 5) is 14.2. The Hall–Kier alpha value is -0.620. The Morgan fingerprint density at radius 3 is 2.54 bits per heavy atom. The highest BCUT2D eigenvalue weighted by Crippen LogP contribution is 2.26. The lowest BCUT2D eigenvalue weighted by Gasteiger charge is -2.33. The van der Waals surface area contributed by atoms with Gasteiger partial charge in [0.25, 0.3) is 0 Å². The maximum Gasteiger partial charge on any atom is 0.239 e. The van der Waals surface area contributed by atoms with E-state index in [1.54, 1.807) is 30.0 Å². The molecule has 2 rings (SSSR count). The van der Waals surface area contributed by atoms with E-state index in [1.807, 2.05) is 11.2 Å². The predicted octanol–water partition coefficient (Wildman–Crippen LogP) is 3.69. The van der Waals surface area contributed by atoms with Crippen LogP contribution in [0.5, 0.6) is 5.75 Å². The molecular weight excluding hydrogens is 367 g/mol. The zero-order valence-corrected chi connectivity index (χ0v) is 16.2. The third kappa shape index (κ3) is 6.03. The number of benzene rings is 1. The van der Waals surface area contributed by atoms with Crippen LogP contribution in [0.3, 0.4) is 0 Å². The summed E-state index contributed by atoms with van der Waals surface area (Å²) < 4.78 is 5.80. The van der Waals surface area contributed by atoms with Crippen LogP contribution < -0.4 is 10.5 Å². The number of carbonyl (C=O) groups is 1. The number of hydrogen-bond donors (Lipinski definition) is 1. The molecule has 0 saturated carbocycles. The molecule has 1 atom stereocenters. The molecule has 1 fully saturated rings. The second-order valence-electron chi connectivity index (χ2n) is 6.07. The summed E-state index contributed by atoms with van der Waals surface area (Å²) in [7, 11) is 0. The van der Waals surface area contributed by atoms with E-state index in [4.69, 9.17) is 33.7 Å². The summed E-state index contributed by atoms with van der Waals surface area (Å²) in [6, 6.07) is 4.83. The topological polar surface area (TPSA) is 55.6 Å². The molecule has 1 aromatic rings. The second kappa shape index (κ2) is 9.76. The lowest BCUT2D eigenvalue weighted by atomic mass is 9.97. The van der Waals surface area contributed by atoms with Crippen molar-refractivity contribution < 1.29 is 9.53 Å². The molecule has 0 spiro atoms. The SMILES string of the molecule is CSCCC(N)C(=O)N1CCC(COc2cc(Cl)cc(Cl)c2)CC1. The summed E-state index contributed by atoms with van der Waals surface area (Å²) in [6.45, 7) is 2.10. The molecule has 1 aromatic carbocycles. The van der Waals surface area contributed by atoms with Crippen molar-refractivity contribution in [1.29, 1.82) is 0 Å². The maximum atomic E-state index is 12.3. The van der Waals surface area contributed by atoms with Gasteiger partial charge in [-0.25, -0.2) is 0 Å². The summed E-state index contributed by atoms with van der Waals surface area (Å²) in [5.41, 5.74) is 5.98. The number of amides is 1. The van der Waals surface area contributed by atoms with Gasteiger partial charge in [0, 0.05) is 23.1 Å².